The van der Waals surface area contributed by atoms with E-state index in [0.717, 1.165) is 16.7 Å². The van der Waals surface area contributed by atoms with Crippen LogP contribution in [-0.2, 0) is 11.3 Å². The van der Waals surface area contributed by atoms with Crippen molar-refractivity contribution in [3.8, 4) is 11.1 Å². The normalized spacial score (nSPS) is 10.7. The second kappa shape index (κ2) is 6.23. The van der Waals surface area contributed by atoms with Crippen molar-refractivity contribution in [2.45, 2.75) is 26.8 Å². The van der Waals surface area contributed by atoms with Gasteiger partial charge in [-0.15, -0.1) is 0 Å². The molecule has 1 heterocycles. The van der Waals surface area contributed by atoms with Crippen LogP contribution in [0.3, 0.4) is 0 Å². The number of benzene rings is 1. The van der Waals surface area contributed by atoms with Crippen LogP contribution in [0.1, 0.15) is 25.8 Å². The average molecular weight is 257 g/mol. The molecule has 0 aliphatic rings. The van der Waals surface area contributed by atoms with E-state index in [0.29, 0.717) is 18.9 Å². The number of nitrogens with one attached hydrogen (secondary N) is 1. The number of hydrogen-bond donors (Lipinski definition) is 1. The molecule has 1 aromatic heterocycles. The molecule has 0 aliphatic carbocycles. The van der Waals surface area contributed by atoms with Crippen molar-refractivity contribution in [2.24, 2.45) is 5.92 Å². The Morgan fingerprint density at radius 3 is 2.47 bits per heavy atom. The van der Waals surface area contributed by atoms with Crippen LogP contribution in [0.5, 0.6) is 0 Å². The third-order valence-corrected chi connectivity index (χ3v) is 2.89. The second-order valence-electron chi connectivity index (χ2n) is 5.08. The quantitative estimate of drug-likeness (QED) is 0.889. The first-order valence-electron chi connectivity index (χ1n) is 6.53. The number of amides is 1. The third-order valence-electron chi connectivity index (χ3n) is 2.89. The van der Waals surface area contributed by atoms with Crippen LogP contribution in [0.2, 0.25) is 0 Å². The molecule has 0 unspecified atom stereocenters. The summed E-state index contributed by atoms with van der Waals surface area (Å²) in [6, 6.07) is 10.1. The van der Waals surface area contributed by atoms with Gasteiger partial charge in [-0.1, -0.05) is 38.1 Å². The molecule has 0 atom stereocenters. The molecule has 2 aromatic rings. The molecule has 1 amide bonds. The predicted octanol–water partition coefficient (Wildman–Crippen LogP) is 3.61. The fraction of sp³-hybridized carbons (Fsp3) is 0.312. The molecule has 1 aromatic carbocycles. The van der Waals surface area contributed by atoms with E-state index in [9.17, 15) is 4.79 Å². The van der Waals surface area contributed by atoms with Gasteiger partial charge in [0.25, 0.3) is 0 Å². The molecule has 100 valence electrons. The molecular formula is C16H19NO2. The van der Waals surface area contributed by atoms with Gasteiger partial charge in [0.05, 0.1) is 12.5 Å². The van der Waals surface area contributed by atoms with Gasteiger partial charge in [-0.25, -0.2) is 0 Å². The van der Waals surface area contributed by atoms with Gasteiger partial charge in [0, 0.05) is 18.5 Å². The Bertz CT molecular complexity index is 512. The van der Waals surface area contributed by atoms with E-state index < -0.39 is 0 Å². The van der Waals surface area contributed by atoms with E-state index in [4.69, 9.17) is 4.42 Å². The molecule has 0 saturated heterocycles. The summed E-state index contributed by atoms with van der Waals surface area (Å²) in [7, 11) is 0. The molecule has 1 N–H and O–H groups in total. The van der Waals surface area contributed by atoms with E-state index in [1.54, 1.807) is 12.5 Å². The summed E-state index contributed by atoms with van der Waals surface area (Å²) in [5.41, 5.74) is 3.28. The summed E-state index contributed by atoms with van der Waals surface area (Å²) < 4.78 is 5.06. The minimum atomic E-state index is 0.105. The molecule has 0 bridgehead atoms. The molecule has 0 fully saturated rings. The van der Waals surface area contributed by atoms with Crippen molar-refractivity contribution in [1.82, 2.24) is 5.32 Å². The van der Waals surface area contributed by atoms with Crippen LogP contribution >= 0.6 is 0 Å². The lowest BCUT2D eigenvalue weighted by atomic mass is 10.1. The number of furan rings is 1. The predicted molar refractivity (Wildman–Crippen MR) is 75.4 cm³/mol. The molecule has 0 aliphatic heterocycles. The highest BCUT2D eigenvalue weighted by molar-refractivity contribution is 5.76. The fourth-order valence-corrected chi connectivity index (χ4v) is 1.89. The lowest BCUT2D eigenvalue weighted by Crippen LogP contribution is -2.23. The summed E-state index contributed by atoms with van der Waals surface area (Å²) >= 11 is 0. The maximum atomic E-state index is 11.6. The SMILES string of the molecule is CC(C)CC(=O)NCc1ccc(-c2ccoc2)cc1. The summed E-state index contributed by atoms with van der Waals surface area (Å²) in [6.07, 6.45) is 3.96. The largest absolute Gasteiger partial charge is 0.472 e. The zero-order valence-electron chi connectivity index (χ0n) is 11.3. The van der Waals surface area contributed by atoms with Crippen LogP contribution in [0.15, 0.2) is 47.3 Å². The number of carbonyl (C=O) groups is 1. The number of carbonyl (C=O) groups excluding carboxylic acids is 1. The Morgan fingerprint density at radius 2 is 1.89 bits per heavy atom. The highest BCUT2D eigenvalue weighted by Gasteiger charge is 2.04. The van der Waals surface area contributed by atoms with Gasteiger partial charge >= 0.3 is 0 Å². The monoisotopic (exact) mass is 257 g/mol. The zero-order chi connectivity index (χ0) is 13.7. The van der Waals surface area contributed by atoms with Gasteiger partial charge < -0.3 is 9.73 Å². The van der Waals surface area contributed by atoms with E-state index in [-0.39, 0.29) is 5.91 Å². The van der Waals surface area contributed by atoms with E-state index in [1.807, 2.05) is 44.2 Å². The molecule has 0 spiro atoms. The number of hydrogen-bond acceptors (Lipinski definition) is 2. The van der Waals surface area contributed by atoms with Gasteiger partial charge in [0.1, 0.15) is 0 Å². The van der Waals surface area contributed by atoms with Crippen molar-refractivity contribution in [2.75, 3.05) is 0 Å². The van der Waals surface area contributed by atoms with Crippen LogP contribution in [0.4, 0.5) is 0 Å². The second-order valence-corrected chi connectivity index (χ2v) is 5.08. The minimum Gasteiger partial charge on any atom is -0.472 e. The Balaban J connectivity index is 1.91. The molecule has 3 nitrogen and oxygen atoms in total. The van der Waals surface area contributed by atoms with Crippen molar-refractivity contribution < 1.29 is 9.21 Å². The zero-order valence-corrected chi connectivity index (χ0v) is 11.3. The topological polar surface area (TPSA) is 42.2 Å². The van der Waals surface area contributed by atoms with E-state index in [2.05, 4.69) is 5.32 Å². The van der Waals surface area contributed by atoms with Crippen LogP contribution in [-0.4, -0.2) is 5.91 Å². The Labute approximate surface area is 113 Å². The Morgan fingerprint density at radius 1 is 1.16 bits per heavy atom. The van der Waals surface area contributed by atoms with Crippen LogP contribution in [0, 0.1) is 5.92 Å². The standard InChI is InChI=1S/C16H19NO2/c1-12(2)9-16(18)17-10-13-3-5-14(6-4-13)15-7-8-19-11-15/h3-8,11-12H,9-10H2,1-2H3,(H,17,18). The van der Waals surface area contributed by atoms with Gasteiger partial charge in [-0.2, -0.15) is 0 Å². The minimum absolute atomic E-state index is 0.105. The third kappa shape index (κ3) is 3.98. The summed E-state index contributed by atoms with van der Waals surface area (Å²) in [6.45, 7) is 4.66. The summed E-state index contributed by atoms with van der Waals surface area (Å²) in [4.78, 5) is 11.6. The van der Waals surface area contributed by atoms with E-state index in [1.165, 1.54) is 0 Å². The highest BCUT2D eigenvalue weighted by atomic mass is 16.3. The molecule has 2 rings (SSSR count). The molecule has 19 heavy (non-hydrogen) atoms. The average Bonchev–Trinajstić information content (AvgIpc) is 2.90. The first-order valence-corrected chi connectivity index (χ1v) is 6.53. The maximum absolute atomic E-state index is 11.6. The van der Waals surface area contributed by atoms with Crippen LogP contribution < -0.4 is 5.32 Å². The van der Waals surface area contributed by atoms with Gasteiger partial charge in [0.2, 0.25) is 5.91 Å². The smallest absolute Gasteiger partial charge is 0.220 e. The Kier molecular flexibility index (Phi) is 4.39. The van der Waals surface area contributed by atoms with E-state index >= 15 is 0 Å². The first-order chi connectivity index (χ1) is 9.15. The van der Waals surface area contributed by atoms with Gasteiger partial charge in [-0.3, -0.25) is 4.79 Å². The maximum Gasteiger partial charge on any atom is 0.220 e. The van der Waals surface area contributed by atoms with Gasteiger partial charge in [-0.05, 0) is 23.1 Å². The molecule has 0 radical (unpaired) electrons. The molecule has 0 saturated carbocycles. The van der Waals surface area contributed by atoms with Gasteiger partial charge in [0.15, 0.2) is 0 Å². The molecule has 3 heteroatoms. The van der Waals surface area contributed by atoms with Crippen molar-refractivity contribution in [1.29, 1.82) is 0 Å². The summed E-state index contributed by atoms with van der Waals surface area (Å²) in [5, 5.41) is 2.93. The highest BCUT2D eigenvalue weighted by Crippen LogP contribution is 2.19. The van der Waals surface area contributed by atoms with Crippen molar-refractivity contribution in [3.05, 3.63) is 48.4 Å². The van der Waals surface area contributed by atoms with Crippen LogP contribution in [0.25, 0.3) is 11.1 Å². The number of rotatable bonds is 5. The Hall–Kier alpha value is -2.03. The van der Waals surface area contributed by atoms with Crippen molar-refractivity contribution in [3.63, 3.8) is 0 Å². The molecular weight excluding hydrogens is 238 g/mol. The lowest BCUT2D eigenvalue weighted by Gasteiger charge is -2.07. The fourth-order valence-electron chi connectivity index (χ4n) is 1.89. The lowest BCUT2D eigenvalue weighted by molar-refractivity contribution is -0.121. The first kappa shape index (κ1) is 13.4. The summed E-state index contributed by atoms with van der Waals surface area (Å²) in [5.74, 6) is 0.498. The van der Waals surface area contributed by atoms with Crippen molar-refractivity contribution >= 4 is 5.91 Å².